The number of hydrogen-bond acceptors (Lipinski definition) is 5. The maximum absolute atomic E-state index is 10.8. The number of hydrogen-bond donors (Lipinski definition) is 1. The maximum Gasteiger partial charge on any atom is 0.313 e. The molecule has 0 fully saturated rings. The van der Waals surface area contributed by atoms with Crippen molar-refractivity contribution in [2.75, 3.05) is 5.75 Å². The molecular formula is C15H14N4O2S. The topological polar surface area (TPSA) is 80.4 Å². The van der Waals surface area contributed by atoms with E-state index in [1.54, 1.807) is 4.52 Å². The summed E-state index contributed by atoms with van der Waals surface area (Å²) in [5, 5.41) is 14.2. The number of aryl methyl sites for hydroxylation is 1. The fourth-order valence-corrected chi connectivity index (χ4v) is 2.94. The molecule has 6 nitrogen and oxygen atoms in total. The molecule has 0 aliphatic heterocycles. The van der Waals surface area contributed by atoms with Crippen LogP contribution in [-0.4, -0.2) is 36.4 Å². The summed E-state index contributed by atoms with van der Waals surface area (Å²) >= 11 is 1.23. The van der Waals surface area contributed by atoms with E-state index in [2.05, 4.69) is 15.1 Å². The van der Waals surface area contributed by atoms with Crippen LogP contribution < -0.4 is 0 Å². The average Bonchev–Trinajstić information content (AvgIpc) is 2.92. The van der Waals surface area contributed by atoms with Gasteiger partial charge in [-0.15, -0.1) is 5.10 Å². The van der Waals surface area contributed by atoms with Crippen LogP contribution >= 0.6 is 11.8 Å². The number of benzene rings is 1. The highest BCUT2D eigenvalue weighted by molar-refractivity contribution is 7.99. The lowest BCUT2D eigenvalue weighted by molar-refractivity contribution is -0.133. The largest absolute Gasteiger partial charge is 0.481 e. The van der Waals surface area contributed by atoms with E-state index in [4.69, 9.17) is 5.11 Å². The fraction of sp³-hybridized carbons (Fsp3) is 0.200. The van der Waals surface area contributed by atoms with Gasteiger partial charge >= 0.3 is 5.97 Å². The second kappa shape index (κ2) is 5.76. The molecule has 3 aromatic rings. The Kier molecular flexibility index (Phi) is 3.81. The van der Waals surface area contributed by atoms with Gasteiger partial charge in [-0.05, 0) is 13.8 Å². The molecule has 3 rings (SSSR count). The Labute approximate surface area is 131 Å². The summed E-state index contributed by atoms with van der Waals surface area (Å²) in [7, 11) is 0. The van der Waals surface area contributed by atoms with Crippen LogP contribution in [0.3, 0.4) is 0 Å². The van der Waals surface area contributed by atoms with Crippen molar-refractivity contribution in [2.24, 2.45) is 0 Å². The average molecular weight is 314 g/mol. The molecule has 7 heteroatoms. The molecule has 0 atom stereocenters. The summed E-state index contributed by atoms with van der Waals surface area (Å²) in [5.74, 6) is 0.167. The Bertz CT molecular complexity index is 846. The van der Waals surface area contributed by atoms with Crippen molar-refractivity contribution in [3.05, 3.63) is 41.6 Å². The number of nitrogens with zero attached hydrogens (tertiary/aromatic N) is 4. The van der Waals surface area contributed by atoms with Gasteiger partial charge < -0.3 is 5.11 Å². The van der Waals surface area contributed by atoms with Crippen molar-refractivity contribution in [3.63, 3.8) is 0 Å². The second-order valence-corrected chi connectivity index (χ2v) is 5.79. The van der Waals surface area contributed by atoms with Crippen LogP contribution in [-0.2, 0) is 4.79 Å². The number of carboxylic acids is 1. The van der Waals surface area contributed by atoms with Crippen molar-refractivity contribution in [1.29, 1.82) is 0 Å². The van der Waals surface area contributed by atoms with Crippen LogP contribution in [0, 0.1) is 13.8 Å². The van der Waals surface area contributed by atoms with Crippen molar-refractivity contribution in [2.45, 2.75) is 18.9 Å². The third-order valence-electron chi connectivity index (χ3n) is 3.28. The van der Waals surface area contributed by atoms with Crippen LogP contribution in [0.1, 0.15) is 11.3 Å². The summed E-state index contributed by atoms with van der Waals surface area (Å²) in [5.41, 5.74) is 2.65. The molecule has 1 aromatic carbocycles. The summed E-state index contributed by atoms with van der Waals surface area (Å²) in [6.45, 7) is 3.80. The molecular weight excluding hydrogens is 300 g/mol. The van der Waals surface area contributed by atoms with E-state index in [9.17, 15) is 4.79 Å². The normalized spacial score (nSPS) is 11.0. The first-order valence-corrected chi connectivity index (χ1v) is 7.69. The van der Waals surface area contributed by atoms with Gasteiger partial charge in [0.2, 0.25) is 0 Å². The quantitative estimate of drug-likeness (QED) is 0.589. The Morgan fingerprint density at radius 3 is 2.64 bits per heavy atom. The molecule has 0 saturated heterocycles. The predicted octanol–water partition coefficient (Wildman–Crippen LogP) is 2.58. The minimum atomic E-state index is -0.865. The number of carboxylic acid groups (broad SMARTS) is 1. The highest BCUT2D eigenvalue weighted by Gasteiger charge is 2.16. The van der Waals surface area contributed by atoms with Gasteiger partial charge in [-0.2, -0.15) is 9.50 Å². The number of carbonyl (C=O) groups is 1. The van der Waals surface area contributed by atoms with Crippen LogP contribution in [0.15, 0.2) is 35.4 Å². The van der Waals surface area contributed by atoms with Gasteiger partial charge in [0.15, 0.2) is 5.82 Å². The predicted molar refractivity (Wildman–Crippen MR) is 84.1 cm³/mol. The van der Waals surface area contributed by atoms with Crippen LogP contribution in [0.4, 0.5) is 0 Å². The van der Waals surface area contributed by atoms with Gasteiger partial charge in [-0.1, -0.05) is 42.1 Å². The Morgan fingerprint density at radius 2 is 1.95 bits per heavy atom. The van der Waals surface area contributed by atoms with Crippen molar-refractivity contribution in [3.8, 4) is 11.4 Å². The van der Waals surface area contributed by atoms with Crippen molar-refractivity contribution in [1.82, 2.24) is 19.6 Å². The standard InChI is InChI=1S/C15H14N4O2S/c1-9-10(2)16-15-17-13(11-6-4-3-5-7-11)18-19(15)14(9)22-8-12(20)21/h3-7H,8H2,1-2H3,(H,20,21). The first-order chi connectivity index (χ1) is 10.6. The summed E-state index contributed by atoms with van der Waals surface area (Å²) < 4.78 is 1.62. The lowest BCUT2D eigenvalue weighted by atomic mass is 10.2. The Morgan fingerprint density at radius 1 is 1.23 bits per heavy atom. The first kappa shape index (κ1) is 14.5. The van der Waals surface area contributed by atoms with Crippen LogP contribution in [0.25, 0.3) is 17.2 Å². The van der Waals surface area contributed by atoms with Gasteiger partial charge in [-0.3, -0.25) is 4.79 Å². The van der Waals surface area contributed by atoms with Crippen molar-refractivity contribution < 1.29 is 9.90 Å². The van der Waals surface area contributed by atoms with E-state index in [1.807, 2.05) is 44.2 Å². The van der Waals surface area contributed by atoms with Crippen molar-refractivity contribution >= 4 is 23.5 Å². The molecule has 0 radical (unpaired) electrons. The Balaban J connectivity index is 2.14. The second-order valence-electron chi connectivity index (χ2n) is 4.82. The molecule has 112 valence electrons. The molecule has 22 heavy (non-hydrogen) atoms. The number of aromatic nitrogens is 4. The summed E-state index contributed by atoms with van der Waals surface area (Å²) in [4.78, 5) is 19.7. The summed E-state index contributed by atoms with van der Waals surface area (Å²) in [6.07, 6.45) is 0. The highest BCUT2D eigenvalue weighted by Crippen LogP contribution is 2.26. The van der Waals surface area contributed by atoms with E-state index in [0.29, 0.717) is 11.6 Å². The third kappa shape index (κ3) is 2.67. The molecule has 2 aromatic heterocycles. The lowest BCUT2D eigenvalue weighted by Gasteiger charge is -2.07. The minimum Gasteiger partial charge on any atom is -0.481 e. The van der Waals surface area contributed by atoms with Crippen LogP contribution in [0.5, 0.6) is 0 Å². The molecule has 2 heterocycles. The minimum absolute atomic E-state index is 0.0279. The number of aliphatic carboxylic acids is 1. The molecule has 0 amide bonds. The molecule has 0 aliphatic rings. The molecule has 0 saturated carbocycles. The van der Waals surface area contributed by atoms with E-state index in [1.165, 1.54) is 11.8 Å². The van der Waals surface area contributed by atoms with Gasteiger partial charge in [-0.25, -0.2) is 4.98 Å². The zero-order chi connectivity index (χ0) is 15.7. The molecule has 0 spiro atoms. The zero-order valence-corrected chi connectivity index (χ0v) is 13.0. The van der Waals surface area contributed by atoms with Gasteiger partial charge in [0.05, 0.1) is 5.75 Å². The summed E-state index contributed by atoms with van der Waals surface area (Å²) in [6, 6.07) is 9.63. The molecule has 1 N–H and O–H groups in total. The van der Waals surface area contributed by atoms with E-state index >= 15 is 0 Å². The number of thioether (sulfide) groups is 1. The van der Waals surface area contributed by atoms with E-state index in [-0.39, 0.29) is 5.75 Å². The molecule has 0 unspecified atom stereocenters. The lowest BCUT2D eigenvalue weighted by Crippen LogP contribution is -2.05. The number of rotatable bonds is 4. The van der Waals surface area contributed by atoms with Gasteiger partial charge in [0.25, 0.3) is 5.78 Å². The van der Waals surface area contributed by atoms with Gasteiger partial charge in [0.1, 0.15) is 5.03 Å². The first-order valence-electron chi connectivity index (χ1n) is 6.70. The maximum atomic E-state index is 10.8. The smallest absolute Gasteiger partial charge is 0.313 e. The molecule has 0 aliphatic carbocycles. The zero-order valence-electron chi connectivity index (χ0n) is 12.1. The highest BCUT2D eigenvalue weighted by atomic mass is 32.2. The van der Waals surface area contributed by atoms with E-state index < -0.39 is 5.97 Å². The Hall–Kier alpha value is -2.41. The van der Waals surface area contributed by atoms with E-state index in [0.717, 1.165) is 21.8 Å². The molecule has 0 bridgehead atoms. The monoisotopic (exact) mass is 314 g/mol. The number of fused-ring (bicyclic) bond motifs is 1. The SMILES string of the molecule is Cc1nc2nc(-c3ccccc3)nn2c(SCC(=O)O)c1C. The van der Waals surface area contributed by atoms with Crippen LogP contribution in [0.2, 0.25) is 0 Å². The third-order valence-corrected chi connectivity index (χ3v) is 4.42. The fourth-order valence-electron chi connectivity index (χ4n) is 2.07. The van der Waals surface area contributed by atoms with Gasteiger partial charge in [0, 0.05) is 16.8 Å².